The molecule has 0 aromatic heterocycles. The molecule has 2 fully saturated rings. The standard InChI is InChI=1S/C22H38N4O6/c1-22(2,3)32-21(31)25-11-8-15(9-12-25)6-7-18(27)26-10-4-5-16(14-26)19(28)24-13-17(23)20(29)30/h15-17H,4-14,23H2,1-3H3,(H,24,28)(H,29,30)/t16-,17-/m1/s1. The highest BCUT2D eigenvalue weighted by Gasteiger charge is 2.30. The minimum Gasteiger partial charge on any atom is -0.480 e. The Labute approximate surface area is 189 Å². The average Bonchev–Trinajstić information content (AvgIpc) is 2.74. The highest BCUT2D eigenvalue weighted by Crippen LogP contribution is 2.25. The quantitative estimate of drug-likeness (QED) is 0.524. The molecule has 4 N–H and O–H groups in total. The molecule has 10 nitrogen and oxygen atoms in total. The van der Waals surface area contributed by atoms with Crippen molar-refractivity contribution in [1.29, 1.82) is 0 Å². The van der Waals surface area contributed by atoms with Crippen LogP contribution >= 0.6 is 0 Å². The number of hydrogen-bond donors (Lipinski definition) is 3. The van der Waals surface area contributed by atoms with E-state index in [1.165, 1.54) is 0 Å². The minimum atomic E-state index is -1.16. The maximum atomic E-state index is 12.7. The SMILES string of the molecule is CC(C)(C)OC(=O)N1CCC(CCC(=O)N2CCC[C@@H](C(=O)NC[C@@H](N)C(=O)O)C2)CC1. The van der Waals surface area contributed by atoms with Crippen molar-refractivity contribution in [1.82, 2.24) is 15.1 Å². The van der Waals surface area contributed by atoms with Crippen LogP contribution in [0.3, 0.4) is 0 Å². The van der Waals surface area contributed by atoms with Gasteiger partial charge in [-0.05, 0) is 58.8 Å². The number of piperidine rings is 2. The number of hydrogen-bond acceptors (Lipinski definition) is 6. The van der Waals surface area contributed by atoms with Crippen LogP contribution in [-0.2, 0) is 19.1 Å². The summed E-state index contributed by atoms with van der Waals surface area (Å²) in [7, 11) is 0. The molecular weight excluding hydrogens is 416 g/mol. The van der Waals surface area contributed by atoms with E-state index in [-0.39, 0.29) is 30.4 Å². The summed E-state index contributed by atoms with van der Waals surface area (Å²) in [6.45, 7) is 7.69. The van der Waals surface area contributed by atoms with Gasteiger partial charge in [0.2, 0.25) is 11.8 Å². The summed E-state index contributed by atoms with van der Waals surface area (Å²) >= 11 is 0. The first-order valence-electron chi connectivity index (χ1n) is 11.5. The van der Waals surface area contributed by atoms with E-state index in [4.69, 9.17) is 15.6 Å². The van der Waals surface area contributed by atoms with Crippen LogP contribution < -0.4 is 11.1 Å². The van der Waals surface area contributed by atoms with Gasteiger partial charge in [-0.15, -0.1) is 0 Å². The fourth-order valence-electron chi connectivity index (χ4n) is 4.08. The van der Waals surface area contributed by atoms with E-state index in [0.29, 0.717) is 44.9 Å². The van der Waals surface area contributed by atoms with Crippen LogP contribution in [0.1, 0.15) is 59.3 Å². The zero-order chi connectivity index (χ0) is 23.9. The largest absolute Gasteiger partial charge is 0.480 e. The number of carboxylic acids is 1. The molecule has 32 heavy (non-hydrogen) atoms. The number of carbonyl (C=O) groups excluding carboxylic acids is 3. The second-order valence-electron chi connectivity index (χ2n) is 9.82. The molecule has 182 valence electrons. The lowest BCUT2D eigenvalue weighted by Gasteiger charge is -2.34. The van der Waals surface area contributed by atoms with Crippen LogP contribution in [0.25, 0.3) is 0 Å². The molecule has 0 unspecified atom stereocenters. The molecule has 10 heteroatoms. The van der Waals surface area contributed by atoms with Gasteiger partial charge in [-0.2, -0.15) is 0 Å². The Morgan fingerprint density at radius 1 is 1.09 bits per heavy atom. The molecule has 0 bridgehead atoms. The van der Waals surface area contributed by atoms with E-state index < -0.39 is 17.6 Å². The van der Waals surface area contributed by atoms with Crippen LogP contribution in [-0.4, -0.2) is 83.1 Å². The van der Waals surface area contributed by atoms with Crippen molar-refractivity contribution in [2.24, 2.45) is 17.6 Å². The Bertz CT molecular complexity index is 684. The van der Waals surface area contributed by atoms with Crippen molar-refractivity contribution < 1.29 is 29.0 Å². The number of rotatable bonds is 7. The molecule has 2 aliphatic rings. The number of ether oxygens (including phenoxy) is 1. The number of amides is 3. The monoisotopic (exact) mass is 454 g/mol. The van der Waals surface area contributed by atoms with Gasteiger partial charge >= 0.3 is 12.1 Å². The van der Waals surface area contributed by atoms with Crippen LogP contribution in [0.15, 0.2) is 0 Å². The molecule has 3 amide bonds. The highest BCUT2D eigenvalue weighted by atomic mass is 16.6. The third-order valence-corrected chi connectivity index (χ3v) is 5.99. The van der Waals surface area contributed by atoms with Crippen molar-refractivity contribution in [2.75, 3.05) is 32.7 Å². The molecule has 0 spiro atoms. The molecule has 0 saturated carbocycles. The number of nitrogens with two attached hydrogens (primary N) is 1. The topological polar surface area (TPSA) is 142 Å². The lowest BCUT2D eigenvalue weighted by atomic mass is 9.91. The second kappa shape index (κ2) is 11.5. The van der Waals surface area contributed by atoms with E-state index in [9.17, 15) is 19.2 Å². The summed E-state index contributed by atoms with van der Waals surface area (Å²) in [6, 6.07) is -1.14. The first-order valence-corrected chi connectivity index (χ1v) is 11.5. The molecule has 0 aromatic carbocycles. The molecule has 0 radical (unpaired) electrons. The number of carboxylic acid groups (broad SMARTS) is 1. The molecule has 2 atom stereocenters. The Kier molecular flexibility index (Phi) is 9.30. The summed E-state index contributed by atoms with van der Waals surface area (Å²) in [5.41, 5.74) is 4.92. The second-order valence-corrected chi connectivity index (χ2v) is 9.82. The van der Waals surface area contributed by atoms with Crippen LogP contribution in [0.2, 0.25) is 0 Å². The van der Waals surface area contributed by atoms with Crippen molar-refractivity contribution >= 4 is 23.9 Å². The van der Waals surface area contributed by atoms with Gasteiger partial charge in [-0.1, -0.05) is 0 Å². The van der Waals surface area contributed by atoms with E-state index in [2.05, 4.69) is 5.32 Å². The van der Waals surface area contributed by atoms with Crippen LogP contribution in [0, 0.1) is 11.8 Å². The molecule has 2 heterocycles. The third-order valence-electron chi connectivity index (χ3n) is 5.99. The fraction of sp³-hybridized carbons (Fsp3) is 0.818. The number of nitrogens with one attached hydrogen (secondary N) is 1. The van der Waals surface area contributed by atoms with Gasteiger partial charge in [0.1, 0.15) is 11.6 Å². The zero-order valence-corrected chi connectivity index (χ0v) is 19.5. The smallest absolute Gasteiger partial charge is 0.410 e. The molecule has 0 aliphatic carbocycles. The lowest BCUT2D eigenvalue weighted by molar-refractivity contribution is -0.138. The van der Waals surface area contributed by atoms with Gasteiger partial charge in [0.25, 0.3) is 0 Å². The van der Waals surface area contributed by atoms with Crippen molar-refractivity contribution in [3.63, 3.8) is 0 Å². The lowest BCUT2D eigenvalue weighted by Crippen LogP contribution is -2.48. The molecule has 2 rings (SSSR count). The minimum absolute atomic E-state index is 0.0410. The maximum Gasteiger partial charge on any atom is 0.410 e. The predicted molar refractivity (Wildman–Crippen MR) is 118 cm³/mol. The maximum absolute atomic E-state index is 12.7. The highest BCUT2D eigenvalue weighted by molar-refractivity contribution is 5.82. The Balaban J connectivity index is 1.71. The third kappa shape index (κ3) is 8.29. The molecule has 0 aromatic rings. The first kappa shape index (κ1) is 25.9. The fourth-order valence-corrected chi connectivity index (χ4v) is 4.08. The predicted octanol–water partition coefficient (Wildman–Crippen LogP) is 1.18. The molecule has 2 aliphatic heterocycles. The van der Waals surface area contributed by atoms with Crippen molar-refractivity contribution in [2.45, 2.75) is 70.9 Å². The summed E-state index contributed by atoms with van der Waals surface area (Å²) in [4.78, 5) is 51.5. The number of carbonyl (C=O) groups is 4. The van der Waals surface area contributed by atoms with E-state index in [1.807, 2.05) is 20.8 Å². The van der Waals surface area contributed by atoms with Gasteiger partial charge in [0.05, 0.1) is 5.92 Å². The summed E-state index contributed by atoms with van der Waals surface area (Å²) in [5.74, 6) is -1.33. The number of aliphatic carboxylic acids is 1. The normalized spacial score (nSPS) is 21.1. The van der Waals surface area contributed by atoms with Crippen LogP contribution in [0.4, 0.5) is 4.79 Å². The first-order chi connectivity index (χ1) is 15.0. The van der Waals surface area contributed by atoms with Gasteiger partial charge in [-0.25, -0.2) is 4.79 Å². The number of nitrogens with zero attached hydrogens (tertiary/aromatic N) is 2. The van der Waals surface area contributed by atoms with E-state index in [0.717, 1.165) is 25.7 Å². The van der Waals surface area contributed by atoms with Gasteiger partial charge in [0.15, 0.2) is 0 Å². The zero-order valence-electron chi connectivity index (χ0n) is 19.5. The van der Waals surface area contributed by atoms with Crippen molar-refractivity contribution in [3.05, 3.63) is 0 Å². The molecular formula is C22H38N4O6. The summed E-state index contributed by atoms with van der Waals surface area (Å²) in [6.07, 6.45) is 4.01. The van der Waals surface area contributed by atoms with E-state index in [1.54, 1.807) is 9.80 Å². The molecule has 2 saturated heterocycles. The van der Waals surface area contributed by atoms with E-state index >= 15 is 0 Å². The Morgan fingerprint density at radius 2 is 1.75 bits per heavy atom. The van der Waals surface area contributed by atoms with Crippen molar-refractivity contribution in [3.8, 4) is 0 Å². The summed E-state index contributed by atoms with van der Waals surface area (Å²) < 4.78 is 5.42. The van der Waals surface area contributed by atoms with Gasteiger partial charge in [0, 0.05) is 39.1 Å². The van der Waals surface area contributed by atoms with Gasteiger partial charge < -0.3 is 30.7 Å². The van der Waals surface area contributed by atoms with Crippen LogP contribution in [0.5, 0.6) is 0 Å². The Morgan fingerprint density at radius 3 is 2.34 bits per heavy atom. The van der Waals surface area contributed by atoms with Gasteiger partial charge in [-0.3, -0.25) is 14.4 Å². The Hall–Kier alpha value is -2.36. The summed E-state index contributed by atoms with van der Waals surface area (Å²) in [5, 5.41) is 11.4. The number of likely N-dealkylation sites (tertiary alicyclic amines) is 2. The average molecular weight is 455 g/mol.